The van der Waals surface area contributed by atoms with Crippen LogP contribution >= 0.6 is 11.6 Å². The predicted molar refractivity (Wildman–Crippen MR) is 128 cm³/mol. The number of carbonyl (C=O) groups is 1. The van der Waals surface area contributed by atoms with Crippen LogP contribution in [0.1, 0.15) is 10.4 Å². The van der Waals surface area contributed by atoms with Crippen molar-refractivity contribution in [2.24, 2.45) is 0 Å². The number of methoxy groups -OCH3 is 1. The number of hydrogen-bond acceptors (Lipinski definition) is 10. The molecule has 0 aliphatic rings. The molecule has 3 aromatic rings. The lowest BCUT2D eigenvalue weighted by atomic mass is 10.2. The van der Waals surface area contributed by atoms with Gasteiger partial charge in [0.25, 0.3) is 5.91 Å². The second-order valence-corrected chi connectivity index (χ2v) is 7.41. The maximum atomic E-state index is 14.3. The van der Waals surface area contributed by atoms with E-state index in [9.17, 15) is 9.18 Å². The summed E-state index contributed by atoms with van der Waals surface area (Å²) < 4.78 is 19.7. The molecule has 11 nitrogen and oxygen atoms in total. The van der Waals surface area contributed by atoms with Gasteiger partial charge in [0.15, 0.2) is 23.6 Å². The number of aromatic nitrogens is 3. The molecule has 1 atom stereocenters. The summed E-state index contributed by atoms with van der Waals surface area (Å²) in [6, 6.07) is 5.68. The van der Waals surface area contributed by atoms with Crippen LogP contribution in [0.4, 0.5) is 15.9 Å². The van der Waals surface area contributed by atoms with Gasteiger partial charge in [0.1, 0.15) is 12.1 Å². The van der Waals surface area contributed by atoms with Crippen molar-refractivity contribution in [2.75, 3.05) is 32.6 Å². The van der Waals surface area contributed by atoms with Gasteiger partial charge in [-0.05, 0) is 31.3 Å². The quantitative estimate of drug-likeness (QED) is 0.115. The van der Waals surface area contributed by atoms with Crippen molar-refractivity contribution in [3.8, 4) is 23.3 Å². The van der Waals surface area contributed by atoms with E-state index in [0.717, 1.165) is 0 Å². The predicted octanol–water partition coefficient (Wildman–Crippen LogP) is 1.98. The first-order valence-corrected chi connectivity index (χ1v) is 10.8. The molecule has 3 rings (SSSR count). The molecule has 13 heteroatoms. The zero-order valence-electron chi connectivity index (χ0n) is 18.9. The Kier molecular flexibility index (Phi) is 9.08. The van der Waals surface area contributed by atoms with E-state index >= 15 is 0 Å². The lowest BCUT2D eigenvalue weighted by molar-refractivity contribution is 0.0953. The highest BCUT2D eigenvalue weighted by Gasteiger charge is 2.17. The van der Waals surface area contributed by atoms with Crippen molar-refractivity contribution in [3.05, 3.63) is 59.3 Å². The standard InChI is InChI=1S/C22H23ClFN9O2/c1-26-22(31-12-25)29-8-7-28-21(34)15-10-27-6-5-17(15)32-20-18(35-2)11-30-19(33-20)14-9-13(23)3-4-16(14)24/h3-6,9-11,22,26,29,31H,7-8H2,1-2H3,(H,28,34)(H,27,30,32,33). The number of ether oxygens (including phenoxy) is 1. The van der Waals surface area contributed by atoms with Crippen molar-refractivity contribution in [1.82, 2.24) is 36.2 Å². The number of nitrogens with one attached hydrogen (secondary N) is 5. The third-order valence-electron chi connectivity index (χ3n) is 4.72. The Morgan fingerprint density at radius 1 is 1.29 bits per heavy atom. The molecule has 1 unspecified atom stereocenters. The number of anilines is 2. The number of benzene rings is 1. The highest BCUT2D eigenvalue weighted by molar-refractivity contribution is 6.30. The van der Waals surface area contributed by atoms with Crippen molar-refractivity contribution in [1.29, 1.82) is 5.26 Å². The smallest absolute Gasteiger partial charge is 0.255 e. The van der Waals surface area contributed by atoms with Crippen LogP contribution in [-0.2, 0) is 0 Å². The summed E-state index contributed by atoms with van der Waals surface area (Å²) in [5.74, 6) is -0.325. The Balaban J connectivity index is 1.78. The number of hydrogen-bond donors (Lipinski definition) is 5. The minimum atomic E-state index is -0.534. The highest BCUT2D eigenvalue weighted by Crippen LogP contribution is 2.30. The molecule has 5 N–H and O–H groups in total. The second-order valence-electron chi connectivity index (χ2n) is 6.97. The fourth-order valence-corrected chi connectivity index (χ4v) is 3.17. The maximum Gasteiger partial charge on any atom is 0.255 e. The van der Waals surface area contributed by atoms with Crippen LogP contribution in [0, 0.1) is 17.3 Å². The van der Waals surface area contributed by atoms with E-state index in [0.29, 0.717) is 17.3 Å². The maximum absolute atomic E-state index is 14.3. The molecule has 0 spiro atoms. The van der Waals surface area contributed by atoms with Crippen LogP contribution < -0.4 is 31.3 Å². The van der Waals surface area contributed by atoms with Crippen molar-refractivity contribution < 1.29 is 13.9 Å². The molecule has 182 valence electrons. The third kappa shape index (κ3) is 6.73. The lowest BCUT2D eigenvalue weighted by Crippen LogP contribution is -2.51. The van der Waals surface area contributed by atoms with E-state index in [1.165, 1.54) is 43.9 Å². The summed E-state index contributed by atoms with van der Waals surface area (Å²) in [6.45, 7) is 0.677. The summed E-state index contributed by atoms with van der Waals surface area (Å²) >= 11 is 6.00. The first-order valence-electron chi connectivity index (χ1n) is 10.4. The minimum absolute atomic E-state index is 0.0875. The molecule has 2 heterocycles. The van der Waals surface area contributed by atoms with Crippen LogP contribution in [0.2, 0.25) is 5.02 Å². The van der Waals surface area contributed by atoms with E-state index in [1.807, 2.05) is 6.19 Å². The van der Waals surface area contributed by atoms with Gasteiger partial charge in [-0.25, -0.2) is 14.4 Å². The normalized spacial score (nSPS) is 11.3. The van der Waals surface area contributed by atoms with Crippen LogP contribution in [0.25, 0.3) is 11.4 Å². The number of rotatable bonds is 11. The van der Waals surface area contributed by atoms with Gasteiger partial charge in [0.2, 0.25) is 0 Å². The number of nitriles is 1. The van der Waals surface area contributed by atoms with Crippen LogP contribution in [0.5, 0.6) is 5.75 Å². The highest BCUT2D eigenvalue weighted by atomic mass is 35.5. The summed E-state index contributed by atoms with van der Waals surface area (Å²) in [5, 5.41) is 23.2. The zero-order chi connectivity index (χ0) is 25.2. The molecule has 0 saturated carbocycles. The molecule has 35 heavy (non-hydrogen) atoms. The Labute approximate surface area is 206 Å². The topological polar surface area (TPSA) is 149 Å². The van der Waals surface area contributed by atoms with Gasteiger partial charge in [-0.3, -0.25) is 25.7 Å². The van der Waals surface area contributed by atoms with Gasteiger partial charge in [0.05, 0.1) is 30.1 Å². The van der Waals surface area contributed by atoms with Crippen LogP contribution in [0.15, 0.2) is 42.9 Å². The average Bonchev–Trinajstić information content (AvgIpc) is 2.87. The van der Waals surface area contributed by atoms with Crippen molar-refractivity contribution >= 4 is 29.0 Å². The lowest BCUT2D eigenvalue weighted by Gasteiger charge is -2.16. The van der Waals surface area contributed by atoms with E-state index in [-0.39, 0.29) is 41.0 Å². The molecule has 1 aromatic carbocycles. The summed E-state index contributed by atoms with van der Waals surface area (Å²) in [5.41, 5.74) is 0.775. The SMILES string of the molecule is CNC(NC#N)NCCNC(=O)c1cnccc1Nc1nc(-c2cc(Cl)ccc2F)ncc1OC. The number of amides is 1. The molecule has 1 amide bonds. The molecule has 0 aliphatic carbocycles. The number of halogens is 2. The monoisotopic (exact) mass is 499 g/mol. The molecule has 2 aromatic heterocycles. The first kappa shape index (κ1) is 25.6. The molecular weight excluding hydrogens is 477 g/mol. The van der Waals surface area contributed by atoms with E-state index in [4.69, 9.17) is 21.6 Å². The van der Waals surface area contributed by atoms with Crippen molar-refractivity contribution in [2.45, 2.75) is 6.29 Å². The van der Waals surface area contributed by atoms with Gasteiger partial charge in [-0.1, -0.05) is 11.6 Å². The zero-order valence-corrected chi connectivity index (χ0v) is 19.7. The minimum Gasteiger partial charge on any atom is -0.491 e. The number of nitrogens with zero attached hydrogens (tertiary/aromatic N) is 4. The molecule has 0 bridgehead atoms. The Morgan fingerprint density at radius 3 is 2.86 bits per heavy atom. The molecule has 0 saturated heterocycles. The van der Waals surface area contributed by atoms with Gasteiger partial charge < -0.3 is 15.4 Å². The molecule has 0 radical (unpaired) electrons. The summed E-state index contributed by atoms with van der Waals surface area (Å²) in [4.78, 5) is 25.4. The van der Waals surface area contributed by atoms with Crippen molar-refractivity contribution in [3.63, 3.8) is 0 Å². The first-order chi connectivity index (χ1) is 17.0. The van der Waals surface area contributed by atoms with E-state index in [2.05, 4.69) is 41.5 Å². The average molecular weight is 500 g/mol. The van der Waals surface area contributed by atoms with Gasteiger partial charge in [0, 0.05) is 30.5 Å². The molecule has 0 aliphatic heterocycles. The molecular formula is C22H23ClFN9O2. The fourth-order valence-electron chi connectivity index (χ4n) is 3.00. The third-order valence-corrected chi connectivity index (χ3v) is 4.95. The Bertz CT molecular complexity index is 1220. The second kappa shape index (κ2) is 12.4. The molecule has 0 fully saturated rings. The summed E-state index contributed by atoms with van der Waals surface area (Å²) in [6.07, 6.45) is 5.72. The fraction of sp³-hybridized carbons (Fsp3) is 0.227. The number of carbonyl (C=O) groups excluding carboxylic acids is 1. The van der Waals surface area contributed by atoms with E-state index < -0.39 is 12.1 Å². The van der Waals surface area contributed by atoms with Crippen LogP contribution in [0.3, 0.4) is 0 Å². The van der Waals surface area contributed by atoms with Crippen LogP contribution in [-0.4, -0.2) is 54.4 Å². The summed E-state index contributed by atoms with van der Waals surface area (Å²) in [7, 11) is 3.12. The number of pyridine rings is 1. The largest absolute Gasteiger partial charge is 0.491 e. The van der Waals surface area contributed by atoms with Gasteiger partial charge >= 0.3 is 0 Å². The Morgan fingerprint density at radius 2 is 2.11 bits per heavy atom. The van der Waals surface area contributed by atoms with Gasteiger partial charge in [-0.15, -0.1) is 0 Å². The Hall–Kier alpha value is -4.05. The van der Waals surface area contributed by atoms with E-state index in [1.54, 1.807) is 13.1 Å². The van der Waals surface area contributed by atoms with Gasteiger partial charge in [-0.2, -0.15) is 5.26 Å².